The van der Waals surface area contributed by atoms with E-state index in [1.807, 2.05) is 30.3 Å². The molecule has 1 aromatic carbocycles. The summed E-state index contributed by atoms with van der Waals surface area (Å²) < 4.78 is 27.1. The highest BCUT2D eigenvalue weighted by Gasteiger charge is 2.20. The van der Waals surface area contributed by atoms with E-state index in [0.29, 0.717) is 0 Å². The fourth-order valence-electron chi connectivity index (χ4n) is 1.57. The molecule has 0 atom stereocenters. The van der Waals surface area contributed by atoms with Crippen molar-refractivity contribution in [1.29, 1.82) is 0 Å². The van der Waals surface area contributed by atoms with Crippen molar-refractivity contribution in [2.45, 2.75) is 26.5 Å². The highest BCUT2D eigenvalue weighted by Crippen LogP contribution is 2.08. The second-order valence-electron chi connectivity index (χ2n) is 4.57. The van der Waals surface area contributed by atoms with Gasteiger partial charge < -0.3 is 9.64 Å². The van der Waals surface area contributed by atoms with Gasteiger partial charge in [0.1, 0.15) is 6.61 Å². The SMILES string of the molecule is CC(C)N(CCS(=O)(=O)Cl)C(=O)OCc1ccccc1. The smallest absolute Gasteiger partial charge is 0.410 e. The molecule has 0 aliphatic carbocycles. The van der Waals surface area contributed by atoms with E-state index in [0.717, 1.165) is 5.56 Å². The fraction of sp³-hybridized carbons (Fsp3) is 0.462. The molecule has 0 spiro atoms. The summed E-state index contributed by atoms with van der Waals surface area (Å²) in [6.45, 7) is 3.73. The van der Waals surface area contributed by atoms with Gasteiger partial charge in [-0.25, -0.2) is 13.2 Å². The van der Waals surface area contributed by atoms with Crippen LogP contribution in [-0.2, 0) is 20.4 Å². The molecule has 0 aliphatic heterocycles. The van der Waals surface area contributed by atoms with E-state index in [2.05, 4.69) is 0 Å². The van der Waals surface area contributed by atoms with Gasteiger partial charge in [0.25, 0.3) is 0 Å². The number of ether oxygens (including phenoxy) is 1. The Kier molecular flexibility index (Phi) is 6.29. The predicted molar refractivity (Wildman–Crippen MR) is 78.1 cm³/mol. The third-order valence-corrected chi connectivity index (χ3v) is 3.77. The minimum absolute atomic E-state index is 0.0110. The Hall–Kier alpha value is -1.27. The lowest BCUT2D eigenvalue weighted by atomic mass is 10.2. The summed E-state index contributed by atoms with van der Waals surface area (Å²) in [6.07, 6.45) is -0.552. The van der Waals surface area contributed by atoms with E-state index in [9.17, 15) is 13.2 Å². The molecule has 0 saturated heterocycles. The Morgan fingerprint density at radius 3 is 2.40 bits per heavy atom. The third kappa shape index (κ3) is 6.25. The van der Waals surface area contributed by atoms with E-state index < -0.39 is 15.1 Å². The van der Waals surface area contributed by atoms with Gasteiger partial charge in [0.2, 0.25) is 9.05 Å². The molecule has 1 aromatic rings. The molecular weight excluding hydrogens is 302 g/mol. The molecule has 0 heterocycles. The molecule has 7 heteroatoms. The Morgan fingerprint density at radius 1 is 1.30 bits per heavy atom. The van der Waals surface area contributed by atoms with Crippen molar-refractivity contribution in [1.82, 2.24) is 4.90 Å². The molecule has 1 rings (SSSR count). The molecule has 112 valence electrons. The summed E-state index contributed by atoms with van der Waals surface area (Å²) >= 11 is 0. The lowest BCUT2D eigenvalue weighted by molar-refractivity contribution is 0.0884. The monoisotopic (exact) mass is 319 g/mol. The first-order valence-corrected chi connectivity index (χ1v) is 8.67. The van der Waals surface area contributed by atoms with Crippen LogP contribution in [0.2, 0.25) is 0 Å². The molecule has 0 aromatic heterocycles. The standard InChI is InChI=1S/C13H18ClNO4S/c1-11(2)15(8-9-20(14,17)18)13(16)19-10-12-6-4-3-5-7-12/h3-7,11H,8-10H2,1-2H3. The van der Waals surface area contributed by atoms with Gasteiger partial charge in [-0.15, -0.1) is 0 Å². The van der Waals surface area contributed by atoms with Crippen molar-refractivity contribution in [3.8, 4) is 0 Å². The van der Waals surface area contributed by atoms with Crippen LogP contribution in [0.15, 0.2) is 30.3 Å². The maximum absolute atomic E-state index is 11.9. The van der Waals surface area contributed by atoms with Crippen molar-refractivity contribution in [3.63, 3.8) is 0 Å². The zero-order chi connectivity index (χ0) is 15.2. The number of carbonyl (C=O) groups is 1. The molecule has 20 heavy (non-hydrogen) atoms. The van der Waals surface area contributed by atoms with Crippen molar-refractivity contribution in [2.75, 3.05) is 12.3 Å². The van der Waals surface area contributed by atoms with E-state index in [1.165, 1.54) is 4.90 Å². The minimum Gasteiger partial charge on any atom is -0.445 e. The molecular formula is C13H18ClNO4S. The van der Waals surface area contributed by atoms with Gasteiger partial charge in [0, 0.05) is 23.3 Å². The topological polar surface area (TPSA) is 63.7 Å². The number of amides is 1. The summed E-state index contributed by atoms with van der Waals surface area (Å²) in [4.78, 5) is 13.3. The van der Waals surface area contributed by atoms with Crippen LogP contribution in [0.25, 0.3) is 0 Å². The summed E-state index contributed by atoms with van der Waals surface area (Å²) in [5.41, 5.74) is 0.870. The first-order chi connectivity index (χ1) is 9.29. The largest absolute Gasteiger partial charge is 0.445 e. The Morgan fingerprint density at radius 2 is 1.90 bits per heavy atom. The van der Waals surface area contributed by atoms with Crippen molar-refractivity contribution in [3.05, 3.63) is 35.9 Å². The summed E-state index contributed by atoms with van der Waals surface area (Å²) in [5.74, 6) is -0.298. The number of halogens is 1. The normalized spacial score (nSPS) is 11.4. The molecule has 0 fully saturated rings. The number of hydrogen-bond acceptors (Lipinski definition) is 4. The van der Waals surface area contributed by atoms with Crippen LogP contribution in [-0.4, -0.2) is 37.8 Å². The number of hydrogen-bond donors (Lipinski definition) is 0. The van der Waals surface area contributed by atoms with Crippen LogP contribution >= 0.6 is 10.7 Å². The van der Waals surface area contributed by atoms with Crippen LogP contribution in [0.4, 0.5) is 4.79 Å². The van der Waals surface area contributed by atoms with Gasteiger partial charge in [-0.2, -0.15) is 0 Å². The van der Waals surface area contributed by atoms with Gasteiger partial charge in [-0.3, -0.25) is 0 Å². The highest BCUT2D eigenvalue weighted by molar-refractivity contribution is 8.13. The first kappa shape index (κ1) is 16.8. The molecule has 5 nitrogen and oxygen atoms in total. The zero-order valence-corrected chi connectivity index (χ0v) is 13.0. The molecule has 0 unspecified atom stereocenters. The zero-order valence-electron chi connectivity index (χ0n) is 11.5. The number of benzene rings is 1. The fourth-order valence-corrected chi connectivity index (χ4v) is 2.19. The lowest BCUT2D eigenvalue weighted by Gasteiger charge is -2.25. The lowest BCUT2D eigenvalue weighted by Crippen LogP contribution is -2.40. The van der Waals surface area contributed by atoms with Gasteiger partial charge in [-0.05, 0) is 19.4 Å². The Bertz CT molecular complexity index is 531. The second-order valence-corrected chi connectivity index (χ2v) is 7.47. The van der Waals surface area contributed by atoms with Crippen LogP contribution in [0.3, 0.4) is 0 Å². The first-order valence-electron chi connectivity index (χ1n) is 6.19. The third-order valence-electron chi connectivity index (χ3n) is 2.64. The number of carbonyl (C=O) groups excluding carboxylic acids is 1. The van der Waals surface area contributed by atoms with Crippen LogP contribution in [0, 0.1) is 0 Å². The van der Waals surface area contributed by atoms with E-state index in [-0.39, 0.29) is 24.9 Å². The number of rotatable bonds is 6. The van der Waals surface area contributed by atoms with Gasteiger partial charge >= 0.3 is 6.09 Å². The van der Waals surface area contributed by atoms with Gasteiger partial charge in [0.15, 0.2) is 0 Å². The quantitative estimate of drug-likeness (QED) is 0.756. The number of nitrogens with zero attached hydrogens (tertiary/aromatic N) is 1. The van der Waals surface area contributed by atoms with Crippen molar-refractivity contribution < 1.29 is 17.9 Å². The average molecular weight is 320 g/mol. The van der Waals surface area contributed by atoms with Crippen molar-refractivity contribution >= 4 is 25.8 Å². The van der Waals surface area contributed by atoms with Crippen LogP contribution < -0.4 is 0 Å². The van der Waals surface area contributed by atoms with Crippen LogP contribution in [0.1, 0.15) is 19.4 Å². The summed E-state index contributed by atoms with van der Waals surface area (Å²) in [5, 5.41) is 0. The van der Waals surface area contributed by atoms with Crippen LogP contribution in [0.5, 0.6) is 0 Å². The van der Waals surface area contributed by atoms with Crippen molar-refractivity contribution in [2.24, 2.45) is 0 Å². The maximum Gasteiger partial charge on any atom is 0.410 e. The molecule has 1 amide bonds. The van der Waals surface area contributed by atoms with E-state index in [1.54, 1.807) is 13.8 Å². The van der Waals surface area contributed by atoms with Gasteiger partial charge in [0.05, 0.1) is 5.75 Å². The van der Waals surface area contributed by atoms with E-state index >= 15 is 0 Å². The second kappa shape index (κ2) is 7.50. The molecule has 0 radical (unpaired) electrons. The minimum atomic E-state index is -3.63. The predicted octanol–water partition coefficient (Wildman–Crippen LogP) is 2.60. The molecule has 0 saturated carbocycles. The Labute approximate surface area is 123 Å². The molecule has 0 N–H and O–H groups in total. The molecule has 0 aliphatic rings. The average Bonchev–Trinajstić information content (AvgIpc) is 2.36. The maximum atomic E-state index is 11.9. The summed E-state index contributed by atoms with van der Waals surface area (Å²) in [6, 6.07) is 9.09. The van der Waals surface area contributed by atoms with E-state index in [4.69, 9.17) is 15.4 Å². The molecule has 0 bridgehead atoms. The highest BCUT2D eigenvalue weighted by atomic mass is 35.7. The summed E-state index contributed by atoms with van der Waals surface area (Å²) in [7, 11) is 1.52. The van der Waals surface area contributed by atoms with Gasteiger partial charge in [-0.1, -0.05) is 30.3 Å². The Balaban J connectivity index is 2.56.